The Morgan fingerprint density at radius 1 is 1.32 bits per heavy atom. The van der Waals surface area contributed by atoms with Gasteiger partial charge >= 0.3 is 5.97 Å². The lowest BCUT2D eigenvalue weighted by atomic mass is 9.82. The van der Waals surface area contributed by atoms with E-state index in [0.717, 1.165) is 6.07 Å². The highest BCUT2D eigenvalue weighted by atomic mass is 19.2. The van der Waals surface area contributed by atoms with Gasteiger partial charge in [0.1, 0.15) is 0 Å². The number of halogens is 2. The van der Waals surface area contributed by atoms with Gasteiger partial charge in [-0.15, -0.1) is 0 Å². The molecule has 0 radical (unpaired) electrons. The van der Waals surface area contributed by atoms with E-state index in [0.29, 0.717) is 5.56 Å². The first-order chi connectivity index (χ1) is 10.4. The zero-order valence-electron chi connectivity index (χ0n) is 13.1. The van der Waals surface area contributed by atoms with Crippen LogP contribution in [0.1, 0.15) is 32.3 Å². The van der Waals surface area contributed by atoms with Crippen molar-refractivity contribution < 1.29 is 27.8 Å². The number of rotatable bonds is 4. The Labute approximate surface area is 128 Å². The summed E-state index contributed by atoms with van der Waals surface area (Å²) in [7, 11) is 1.27. The molecule has 4 nitrogen and oxygen atoms in total. The Kier molecular flexibility index (Phi) is 5.01. The van der Waals surface area contributed by atoms with Crippen molar-refractivity contribution in [3.8, 4) is 5.75 Å². The van der Waals surface area contributed by atoms with Crippen LogP contribution in [0.25, 0.3) is 0 Å². The van der Waals surface area contributed by atoms with Crippen molar-refractivity contribution in [3.63, 3.8) is 0 Å². The zero-order valence-corrected chi connectivity index (χ0v) is 13.1. The van der Waals surface area contributed by atoms with E-state index < -0.39 is 29.6 Å². The summed E-state index contributed by atoms with van der Waals surface area (Å²) in [5.74, 6) is -3.28. The summed E-state index contributed by atoms with van der Waals surface area (Å²) in [6.07, 6.45) is -1.07. The highest BCUT2D eigenvalue weighted by Gasteiger charge is 2.46. The molecule has 122 valence electrons. The van der Waals surface area contributed by atoms with E-state index in [2.05, 4.69) is 0 Å². The number of benzene rings is 1. The summed E-state index contributed by atoms with van der Waals surface area (Å²) in [5.41, 5.74) is 0.413. The second-order valence-corrected chi connectivity index (χ2v) is 5.38. The number of esters is 1. The van der Waals surface area contributed by atoms with Crippen LogP contribution < -0.4 is 4.74 Å². The lowest BCUT2D eigenvalue weighted by Crippen LogP contribution is -2.29. The summed E-state index contributed by atoms with van der Waals surface area (Å²) in [6.45, 7) is 5.66. The summed E-state index contributed by atoms with van der Waals surface area (Å²) in [4.78, 5) is 12.1. The Balaban J connectivity index is 2.47. The Morgan fingerprint density at radius 3 is 2.59 bits per heavy atom. The molecule has 4 atom stereocenters. The van der Waals surface area contributed by atoms with Crippen LogP contribution in [0.3, 0.4) is 0 Å². The van der Waals surface area contributed by atoms with E-state index >= 15 is 0 Å². The van der Waals surface area contributed by atoms with Gasteiger partial charge in [-0.25, -0.2) is 9.18 Å². The van der Waals surface area contributed by atoms with E-state index in [1.807, 2.05) is 13.8 Å². The van der Waals surface area contributed by atoms with Crippen LogP contribution in [0.2, 0.25) is 0 Å². The molecule has 1 heterocycles. The van der Waals surface area contributed by atoms with E-state index in [1.54, 1.807) is 6.92 Å². The molecular formula is C16H20F2O4. The molecule has 0 aliphatic carbocycles. The highest BCUT2D eigenvalue weighted by molar-refractivity contribution is 5.77. The van der Waals surface area contributed by atoms with Gasteiger partial charge < -0.3 is 14.2 Å². The average molecular weight is 314 g/mol. The van der Waals surface area contributed by atoms with Crippen LogP contribution in [0, 0.1) is 17.6 Å². The molecule has 0 bridgehead atoms. The molecule has 3 unspecified atom stereocenters. The zero-order chi connectivity index (χ0) is 16.4. The van der Waals surface area contributed by atoms with Gasteiger partial charge in [-0.3, -0.25) is 0 Å². The normalized spacial score (nSPS) is 27.7. The minimum absolute atomic E-state index is 0.0758. The Morgan fingerprint density at radius 2 is 2.00 bits per heavy atom. The molecule has 1 aromatic rings. The van der Waals surface area contributed by atoms with Crippen molar-refractivity contribution >= 4 is 5.97 Å². The van der Waals surface area contributed by atoms with Crippen molar-refractivity contribution in [2.75, 3.05) is 13.7 Å². The molecule has 0 N–H and O–H groups in total. The molecule has 0 amide bonds. The Bertz CT molecular complexity index is 561. The second-order valence-electron chi connectivity index (χ2n) is 5.38. The van der Waals surface area contributed by atoms with Crippen LogP contribution in [-0.2, 0) is 14.3 Å². The standard InChI is InChI=1S/C16H20F2O4/c1-5-21-16(19)15-12(8(2)9(3)22-15)10-6-7-11(17)13(18)14(10)20-4/h6-9,12,15H,5H2,1-4H3/t8?,9?,12?,15-/m0/s1. The first kappa shape index (κ1) is 16.7. The van der Waals surface area contributed by atoms with Gasteiger partial charge in [0, 0.05) is 11.5 Å². The molecule has 0 aromatic heterocycles. The second kappa shape index (κ2) is 6.60. The summed E-state index contributed by atoms with van der Waals surface area (Å²) in [6, 6.07) is 2.47. The fraction of sp³-hybridized carbons (Fsp3) is 0.562. The van der Waals surface area contributed by atoms with E-state index in [4.69, 9.17) is 14.2 Å². The Hall–Kier alpha value is -1.69. The minimum atomic E-state index is -1.06. The first-order valence-electron chi connectivity index (χ1n) is 7.26. The van der Waals surface area contributed by atoms with Crippen LogP contribution in [0.4, 0.5) is 8.78 Å². The van der Waals surface area contributed by atoms with E-state index in [9.17, 15) is 13.6 Å². The van der Waals surface area contributed by atoms with Gasteiger partial charge in [0.15, 0.2) is 17.7 Å². The molecule has 1 aliphatic rings. The molecular weight excluding hydrogens is 294 g/mol. The van der Waals surface area contributed by atoms with Gasteiger partial charge in [0.25, 0.3) is 0 Å². The number of carbonyl (C=O) groups excluding carboxylic acids is 1. The van der Waals surface area contributed by atoms with Crippen LogP contribution >= 0.6 is 0 Å². The lowest BCUT2D eigenvalue weighted by molar-refractivity contribution is -0.156. The third-order valence-electron chi connectivity index (χ3n) is 4.16. The van der Waals surface area contributed by atoms with Gasteiger partial charge in [0.2, 0.25) is 5.82 Å². The number of hydrogen-bond donors (Lipinski definition) is 0. The third-order valence-corrected chi connectivity index (χ3v) is 4.16. The van der Waals surface area contributed by atoms with Crippen molar-refractivity contribution in [1.29, 1.82) is 0 Å². The van der Waals surface area contributed by atoms with Gasteiger partial charge in [0.05, 0.1) is 19.8 Å². The fourth-order valence-electron chi connectivity index (χ4n) is 2.90. The lowest BCUT2D eigenvalue weighted by Gasteiger charge is -2.22. The van der Waals surface area contributed by atoms with Crippen molar-refractivity contribution in [3.05, 3.63) is 29.3 Å². The number of carbonyl (C=O) groups is 1. The number of ether oxygens (including phenoxy) is 3. The van der Waals surface area contributed by atoms with E-state index in [-0.39, 0.29) is 24.4 Å². The largest absolute Gasteiger partial charge is 0.493 e. The smallest absolute Gasteiger partial charge is 0.335 e. The van der Waals surface area contributed by atoms with Crippen LogP contribution in [0.5, 0.6) is 5.75 Å². The molecule has 1 saturated heterocycles. The fourth-order valence-corrected chi connectivity index (χ4v) is 2.90. The molecule has 6 heteroatoms. The SMILES string of the molecule is CCOC(=O)[C@H]1OC(C)C(C)C1c1ccc(F)c(F)c1OC. The predicted molar refractivity (Wildman–Crippen MR) is 75.8 cm³/mol. The van der Waals surface area contributed by atoms with Crippen molar-refractivity contribution in [2.24, 2.45) is 5.92 Å². The molecule has 1 aliphatic heterocycles. The van der Waals surface area contributed by atoms with Crippen LogP contribution in [0.15, 0.2) is 12.1 Å². The third kappa shape index (κ3) is 2.79. The maximum Gasteiger partial charge on any atom is 0.335 e. The quantitative estimate of drug-likeness (QED) is 0.801. The van der Waals surface area contributed by atoms with Gasteiger partial charge in [-0.2, -0.15) is 4.39 Å². The molecule has 22 heavy (non-hydrogen) atoms. The van der Waals surface area contributed by atoms with Crippen LogP contribution in [-0.4, -0.2) is 31.9 Å². The molecule has 0 spiro atoms. The maximum atomic E-state index is 14.0. The van der Waals surface area contributed by atoms with Gasteiger partial charge in [-0.1, -0.05) is 13.0 Å². The molecule has 1 fully saturated rings. The van der Waals surface area contributed by atoms with E-state index in [1.165, 1.54) is 13.2 Å². The summed E-state index contributed by atoms with van der Waals surface area (Å²) >= 11 is 0. The number of hydrogen-bond acceptors (Lipinski definition) is 4. The first-order valence-corrected chi connectivity index (χ1v) is 7.26. The van der Waals surface area contributed by atoms with Crippen molar-refractivity contribution in [1.82, 2.24) is 0 Å². The highest BCUT2D eigenvalue weighted by Crippen LogP contribution is 2.44. The molecule has 2 rings (SSSR count). The summed E-state index contributed by atoms with van der Waals surface area (Å²) in [5, 5.41) is 0. The molecule has 1 aromatic carbocycles. The summed E-state index contributed by atoms with van der Waals surface area (Å²) < 4.78 is 43.1. The molecule has 0 saturated carbocycles. The minimum Gasteiger partial charge on any atom is -0.493 e. The monoisotopic (exact) mass is 314 g/mol. The van der Waals surface area contributed by atoms with Crippen molar-refractivity contribution in [2.45, 2.75) is 38.9 Å². The predicted octanol–water partition coefficient (Wildman–Crippen LogP) is 3.04. The average Bonchev–Trinajstić information content (AvgIpc) is 2.78. The number of methoxy groups -OCH3 is 1. The maximum absolute atomic E-state index is 14.0. The van der Waals surface area contributed by atoms with Gasteiger partial charge in [-0.05, 0) is 25.8 Å². The topological polar surface area (TPSA) is 44.8 Å².